The van der Waals surface area contributed by atoms with Crippen molar-refractivity contribution in [3.63, 3.8) is 0 Å². The van der Waals surface area contributed by atoms with E-state index in [0.717, 1.165) is 20.9 Å². The average Bonchev–Trinajstić information content (AvgIpc) is 2.84. The lowest BCUT2D eigenvalue weighted by Gasteiger charge is -2.01. The fraction of sp³-hybridized carbons (Fsp3) is 0.273. The van der Waals surface area contributed by atoms with E-state index in [2.05, 4.69) is 22.1 Å². The molecule has 100 valence electrons. The second kappa shape index (κ2) is 6.88. The molecule has 8 heteroatoms. The predicted octanol–water partition coefficient (Wildman–Crippen LogP) is 2.69. The van der Waals surface area contributed by atoms with Crippen molar-refractivity contribution in [2.75, 3.05) is 5.75 Å². The van der Waals surface area contributed by atoms with Crippen LogP contribution in [0.1, 0.15) is 23.7 Å². The van der Waals surface area contributed by atoms with E-state index < -0.39 is 5.91 Å². The average molecular weight is 312 g/mol. The van der Waals surface area contributed by atoms with Crippen LogP contribution in [0.2, 0.25) is 0 Å². The van der Waals surface area contributed by atoms with Crippen molar-refractivity contribution in [1.82, 2.24) is 15.2 Å². The number of hydrogen-bond acceptors (Lipinski definition) is 7. The van der Waals surface area contributed by atoms with E-state index in [4.69, 9.17) is 5.73 Å². The van der Waals surface area contributed by atoms with E-state index in [-0.39, 0.29) is 0 Å². The Bertz CT molecular complexity index is 573. The molecule has 2 aromatic heterocycles. The van der Waals surface area contributed by atoms with Gasteiger partial charge in [-0.15, -0.1) is 10.2 Å². The quantitative estimate of drug-likeness (QED) is 0.826. The number of nitrogens with two attached hydrogens (primary N) is 1. The van der Waals surface area contributed by atoms with E-state index in [1.54, 1.807) is 30.1 Å². The third-order valence-electron chi connectivity index (χ3n) is 2.04. The molecule has 1 amide bonds. The van der Waals surface area contributed by atoms with Gasteiger partial charge in [-0.2, -0.15) is 0 Å². The number of carbonyl (C=O) groups is 1. The van der Waals surface area contributed by atoms with E-state index >= 15 is 0 Å². The van der Waals surface area contributed by atoms with Crippen LogP contribution in [0.15, 0.2) is 32.0 Å². The number of nitrogens with zero attached hydrogens (tertiary/aromatic N) is 3. The number of amides is 1. The van der Waals surface area contributed by atoms with E-state index in [1.165, 1.54) is 23.1 Å². The van der Waals surface area contributed by atoms with Gasteiger partial charge in [-0.05, 0) is 30.3 Å². The Morgan fingerprint density at radius 1 is 1.42 bits per heavy atom. The third-order valence-corrected chi connectivity index (χ3v) is 5.37. The highest BCUT2D eigenvalue weighted by molar-refractivity contribution is 8.03. The van der Waals surface area contributed by atoms with Crippen molar-refractivity contribution >= 4 is 40.8 Å². The minimum Gasteiger partial charge on any atom is -0.366 e. The van der Waals surface area contributed by atoms with Crippen molar-refractivity contribution < 1.29 is 4.79 Å². The van der Waals surface area contributed by atoms with E-state index in [1.807, 2.05) is 0 Å². The lowest BCUT2D eigenvalue weighted by atomic mass is 10.3. The van der Waals surface area contributed by atoms with Crippen LogP contribution in [0.4, 0.5) is 0 Å². The first-order chi connectivity index (χ1) is 9.20. The molecule has 0 unspecified atom stereocenters. The lowest BCUT2D eigenvalue weighted by molar-refractivity contribution is 0.0997. The Kier molecular flexibility index (Phi) is 5.17. The monoisotopic (exact) mass is 312 g/mol. The van der Waals surface area contributed by atoms with Gasteiger partial charge in [-0.3, -0.25) is 4.79 Å². The van der Waals surface area contributed by atoms with Crippen LogP contribution in [0.25, 0.3) is 0 Å². The van der Waals surface area contributed by atoms with Gasteiger partial charge in [0.15, 0.2) is 8.68 Å². The van der Waals surface area contributed by atoms with Gasteiger partial charge in [0.05, 0.1) is 5.56 Å². The number of pyridine rings is 1. The molecule has 2 aromatic rings. The molecule has 0 aliphatic heterocycles. The normalized spacial score (nSPS) is 10.6. The topological polar surface area (TPSA) is 81.8 Å². The molecular weight excluding hydrogens is 300 g/mol. The summed E-state index contributed by atoms with van der Waals surface area (Å²) in [6, 6.07) is 3.35. The molecule has 5 nitrogen and oxygen atoms in total. The zero-order valence-electron chi connectivity index (χ0n) is 10.2. The van der Waals surface area contributed by atoms with Crippen LogP contribution in [0, 0.1) is 0 Å². The van der Waals surface area contributed by atoms with Crippen molar-refractivity contribution in [2.45, 2.75) is 27.0 Å². The maximum Gasteiger partial charge on any atom is 0.251 e. The summed E-state index contributed by atoms with van der Waals surface area (Å²) >= 11 is 4.50. The molecule has 2 heterocycles. The molecule has 0 saturated heterocycles. The molecule has 0 aromatic carbocycles. The van der Waals surface area contributed by atoms with Gasteiger partial charge in [0, 0.05) is 11.9 Å². The summed E-state index contributed by atoms with van der Waals surface area (Å²) in [5, 5.41) is 8.74. The number of hydrogen-bond donors (Lipinski definition) is 1. The first kappa shape index (κ1) is 14.3. The minimum absolute atomic E-state index is 0.408. The van der Waals surface area contributed by atoms with Gasteiger partial charge >= 0.3 is 0 Å². The minimum atomic E-state index is -0.485. The zero-order valence-corrected chi connectivity index (χ0v) is 12.6. The molecule has 0 spiro atoms. The molecule has 0 saturated carbocycles. The second-order valence-corrected chi connectivity index (χ2v) is 7.06. The smallest absolute Gasteiger partial charge is 0.251 e. The highest BCUT2D eigenvalue weighted by Crippen LogP contribution is 2.33. The number of thioether (sulfide) groups is 1. The Labute approximate surface area is 123 Å². The maximum atomic E-state index is 11.3. The van der Waals surface area contributed by atoms with Crippen molar-refractivity contribution in [3.05, 3.63) is 23.9 Å². The maximum absolute atomic E-state index is 11.3. The van der Waals surface area contributed by atoms with Gasteiger partial charge < -0.3 is 5.73 Å². The lowest BCUT2D eigenvalue weighted by Crippen LogP contribution is -2.12. The van der Waals surface area contributed by atoms with Gasteiger partial charge in [0.2, 0.25) is 0 Å². The van der Waals surface area contributed by atoms with E-state index in [0.29, 0.717) is 10.6 Å². The molecule has 0 atom stereocenters. The SMILES string of the molecule is CCCSc1nnc(Sc2ncccc2C(N)=O)s1. The second-order valence-electron chi connectivity index (χ2n) is 3.50. The summed E-state index contributed by atoms with van der Waals surface area (Å²) in [5.74, 6) is 0.538. The Morgan fingerprint density at radius 3 is 2.95 bits per heavy atom. The van der Waals surface area contributed by atoms with E-state index in [9.17, 15) is 4.79 Å². The van der Waals surface area contributed by atoms with Crippen molar-refractivity contribution in [3.8, 4) is 0 Å². The number of carbonyl (C=O) groups excluding carboxylic acids is 1. The molecule has 0 aliphatic rings. The largest absolute Gasteiger partial charge is 0.366 e. The summed E-state index contributed by atoms with van der Waals surface area (Å²) in [7, 11) is 0. The Balaban J connectivity index is 2.13. The third kappa shape index (κ3) is 3.92. The first-order valence-corrected chi connectivity index (χ1v) is 8.21. The molecule has 0 bridgehead atoms. The molecule has 19 heavy (non-hydrogen) atoms. The molecule has 0 radical (unpaired) electrons. The van der Waals surface area contributed by atoms with Crippen LogP contribution < -0.4 is 5.73 Å². The van der Waals surface area contributed by atoms with Crippen LogP contribution in [0.5, 0.6) is 0 Å². The van der Waals surface area contributed by atoms with Crippen LogP contribution in [-0.4, -0.2) is 26.8 Å². The Hall–Kier alpha value is -1.12. The van der Waals surface area contributed by atoms with Gasteiger partial charge in [0.25, 0.3) is 5.91 Å². The molecule has 0 fully saturated rings. The Morgan fingerprint density at radius 2 is 2.21 bits per heavy atom. The summed E-state index contributed by atoms with van der Waals surface area (Å²) in [4.78, 5) is 15.5. The summed E-state index contributed by atoms with van der Waals surface area (Å²) in [6.07, 6.45) is 2.72. The highest BCUT2D eigenvalue weighted by atomic mass is 32.2. The fourth-order valence-corrected chi connectivity index (χ4v) is 4.18. The zero-order chi connectivity index (χ0) is 13.7. The van der Waals surface area contributed by atoms with Gasteiger partial charge in [-0.25, -0.2) is 4.98 Å². The van der Waals surface area contributed by atoms with Gasteiger partial charge in [-0.1, -0.05) is 30.0 Å². The highest BCUT2D eigenvalue weighted by Gasteiger charge is 2.13. The van der Waals surface area contributed by atoms with Crippen LogP contribution in [-0.2, 0) is 0 Å². The van der Waals surface area contributed by atoms with Crippen LogP contribution >= 0.6 is 34.9 Å². The first-order valence-electron chi connectivity index (χ1n) is 5.59. The number of primary amides is 1. The summed E-state index contributed by atoms with van der Waals surface area (Å²) < 4.78 is 1.70. The standard InChI is InChI=1S/C11H12N4OS3/c1-2-6-17-10-14-15-11(19-10)18-9-7(8(12)16)4-3-5-13-9/h3-5H,2,6H2,1H3,(H2,12,16). The molecule has 0 aliphatic carbocycles. The predicted molar refractivity (Wildman–Crippen MR) is 77.8 cm³/mol. The number of rotatable bonds is 6. The molecule has 2 N–H and O–H groups in total. The summed E-state index contributed by atoms with van der Waals surface area (Å²) in [6.45, 7) is 2.12. The molecular formula is C11H12N4OS3. The van der Waals surface area contributed by atoms with Crippen molar-refractivity contribution in [2.24, 2.45) is 5.73 Å². The van der Waals surface area contributed by atoms with Gasteiger partial charge in [0.1, 0.15) is 5.03 Å². The fourth-order valence-electron chi connectivity index (χ4n) is 1.23. The summed E-state index contributed by atoms with van der Waals surface area (Å²) in [5.41, 5.74) is 5.72. The number of aromatic nitrogens is 3. The van der Waals surface area contributed by atoms with Crippen molar-refractivity contribution in [1.29, 1.82) is 0 Å². The van der Waals surface area contributed by atoms with Crippen LogP contribution in [0.3, 0.4) is 0 Å². The molecule has 2 rings (SSSR count).